The van der Waals surface area contributed by atoms with E-state index < -0.39 is 33.2 Å². The number of benzene rings is 2. The molecule has 0 unspecified atom stereocenters. The van der Waals surface area contributed by atoms with Crippen LogP contribution in [0.4, 0.5) is 14.5 Å². The monoisotopic (exact) mass is 377 g/mol. The number of hydrogen-bond acceptors (Lipinski definition) is 3. The Morgan fingerprint density at radius 1 is 1.10 bits per heavy atom. The van der Waals surface area contributed by atoms with Gasteiger partial charge in [0, 0.05) is 4.47 Å². The first kappa shape index (κ1) is 15.9. The van der Waals surface area contributed by atoms with Gasteiger partial charge < -0.3 is 5.11 Å². The van der Waals surface area contributed by atoms with Crippen LogP contribution in [0.2, 0.25) is 0 Å². The molecule has 0 atom stereocenters. The van der Waals surface area contributed by atoms with Gasteiger partial charge in [0.2, 0.25) is 0 Å². The summed E-state index contributed by atoms with van der Waals surface area (Å²) in [5.74, 6) is -1.78. The normalized spacial score (nSPS) is 11.4. The zero-order valence-electron chi connectivity index (χ0n) is 10.5. The van der Waals surface area contributed by atoms with Gasteiger partial charge >= 0.3 is 0 Å². The summed E-state index contributed by atoms with van der Waals surface area (Å²) in [7, 11) is -4.31. The van der Waals surface area contributed by atoms with Crippen molar-refractivity contribution in [3.05, 3.63) is 58.1 Å². The van der Waals surface area contributed by atoms with Gasteiger partial charge in [-0.2, -0.15) is 0 Å². The van der Waals surface area contributed by atoms with Crippen LogP contribution in [0.15, 0.2) is 45.8 Å². The summed E-state index contributed by atoms with van der Waals surface area (Å²) in [4.78, 5) is -0.659. The average molecular weight is 378 g/mol. The van der Waals surface area contributed by atoms with E-state index >= 15 is 0 Å². The van der Waals surface area contributed by atoms with Crippen molar-refractivity contribution >= 4 is 31.6 Å². The quantitative estimate of drug-likeness (QED) is 0.860. The van der Waals surface area contributed by atoms with E-state index in [2.05, 4.69) is 15.9 Å². The summed E-state index contributed by atoms with van der Waals surface area (Å²) in [6, 6.07) is 6.88. The molecule has 4 nitrogen and oxygen atoms in total. The number of hydrogen-bond donors (Lipinski definition) is 2. The molecule has 0 heterocycles. The third kappa shape index (κ3) is 3.58. The van der Waals surface area contributed by atoms with Gasteiger partial charge in [-0.3, -0.25) is 4.72 Å². The van der Waals surface area contributed by atoms with Crippen molar-refractivity contribution in [3.63, 3.8) is 0 Å². The molecule has 0 fully saturated rings. The fraction of sp³-hybridized carbons (Fsp3) is 0.0769. The van der Waals surface area contributed by atoms with Crippen LogP contribution in [-0.4, -0.2) is 13.5 Å². The number of anilines is 1. The largest absolute Gasteiger partial charge is 0.392 e. The van der Waals surface area contributed by atoms with Gasteiger partial charge in [0.15, 0.2) is 0 Å². The zero-order chi connectivity index (χ0) is 15.6. The summed E-state index contributed by atoms with van der Waals surface area (Å²) in [5.41, 5.74) is -0.0790. The molecule has 0 aliphatic heterocycles. The van der Waals surface area contributed by atoms with E-state index in [1.807, 2.05) is 4.72 Å². The van der Waals surface area contributed by atoms with Crippen molar-refractivity contribution in [1.29, 1.82) is 0 Å². The van der Waals surface area contributed by atoms with E-state index in [0.29, 0.717) is 4.47 Å². The zero-order valence-corrected chi connectivity index (χ0v) is 12.9. The van der Waals surface area contributed by atoms with E-state index in [4.69, 9.17) is 5.11 Å². The maximum Gasteiger partial charge on any atom is 0.264 e. The molecule has 0 saturated heterocycles. The first-order chi connectivity index (χ1) is 9.83. The molecule has 21 heavy (non-hydrogen) atoms. The molecule has 0 spiro atoms. The molecule has 112 valence electrons. The van der Waals surface area contributed by atoms with Gasteiger partial charge in [-0.25, -0.2) is 17.2 Å². The maximum absolute atomic E-state index is 13.7. The molecule has 8 heteroatoms. The third-order valence-corrected chi connectivity index (χ3v) is 4.51. The first-order valence-electron chi connectivity index (χ1n) is 5.70. The number of sulfonamides is 1. The fourth-order valence-electron chi connectivity index (χ4n) is 1.63. The average Bonchev–Trinajstić information content (AvgIpc) is 2.43. The Hall–Kier alpha value is -1.51. The Bertz CT molecular complexity index is 781. The van der Waals surface area contributed by atoms with Gasteiger partial charge in [-0.1, -0.05) is 22.0 Å². The molecular weight excluding hydrogens is 368 g/mol. The van der Waals surface area contributed by atoms with E-state index in [-0.39, 0.29) is 11.3 Å². The molecule has 0 amide bonds. The second-order valence-electron chi connectivity index (χ2n) is 4.15. The van der Waals surface area contributed by atoms with Gasteiger partial charge in [-0.15, -0.1) is 0 Å². The van der Waals surface area contributed by atoms with Gasteiger partial charge in [0.25, 0.3) is 10.0 Å². The topological polar surface area (TPSA) is 66.4 Å². The Morgan fingerprint density at radius 3 is 2.43 bits per heavy atom. The van der Waals surface area contributed by atoms with Crippen LogP contribution in [0.25, 0.3) is 0 Å². The Morgan fingerprint density at radius 2 is 1.76 bits per heavy atom. The number of aliphatic hydroxyl groups is 1. The van der Waals surface area contributed by atoms with Crippen LogP contribution in [0.1, 0.15) is 5.56 Å². The summed E-state index contributed by atoms with van der Waals surface area (Å²) < 4.78 is 54.0. The van der Waals surface area contributed by atoms with Crippen molar-refractivity contribution in [3.8, 4) is 0 Å². The smallest absolute Gasteiger partial charge is 0.264 e. The van der Waals surface area contributed by atoms with Crippen LogP contribution in [-0.2, 0) is 16.6 Å². The highest BCUT2D eigenvalue weighted by atomic mass is 79.9. The molecule has 0 radical (unpaired) electrons. The van der Waals surface area contributed by atoms with E-state index in [1.165, 1.54) is 18.2 Å². The van der Waals surface area contributed by atoms with Crippen molar-refractivity contribution in [2.24, 2.45) is 0 Å². The molecular formula is C13H10BrF2NO3S. The highest BCUT2D eigenvalue weighted by Crippen LogP contribution is 2.24. The van der Waals surface area contributed by atoms with Gasteiger partial charge in [0.1, 0.15) is 16.5 Å². The molecule has 0 bridgehead atoms. The SMILES string of the molecule is O=S(=O)(Nc1cc(Br)ccc1F)c1cc(CO)ccc1F. The number of nitrogens with one attached hydrogen (secondary N) is 1. The lowest BCUT2D eigenvalue weighted by Gasteiger charge is -2.11. The molecule has 2 rings (SSSR count). The minimum absolute atomic E-state index is 0.228. The van der Waals surface area contributed by atoms with Crippen LogP contribution in [0, 0.1) is 11.6 Å². The lowest BCUT2D eigenvalue weighted by atomic mass is 10.2. The molecule has 0 aliphatic carbocycles. The van der Waals surface area contributed by atoms with Crippen LogP contribution >= 0.6 is 15.9 Å². The Kier molecular flexibility index (Phi) is 4.60. The second kappa shape index (κ2) is 6.08. The molecule has 0 aromatic heterocycles. The van der Waals surface area contributed by atoms with Crippen molar-refractivity contribution in [2.75, 3.05) is 4.72 Å². The van der Waals surface area contributed by atoms with Crippen LogP contribution < -0.4 is 4.72 Å². The lowest BCUT2D eigenvalue weighted by molar-refractivity contribution is 0.281. The summed E-state index contributed by atoms with van der Waals surface area (Å²) in [6.07, 6.45) is 0. The fourth-order valence-corrected chi connectivity index (χ4v) is 3.18. The van der Waals surface area contributed by atoms with E-state index in [1.54, 1.807) is 0 Å². The highest BCUT2D eigenvalue weighted by Gasteiger charge is 2.21. The van der Waals surface area contributed by atoms with Gasteiger partial charge in [0.05, 0.1) is 12.3 Å². The number of rotatable bonds is 4. The number of aliphatic hydroxyl groups excluding tert-OH is 1. The summed E-state index contributed by atoms with van der Waals surface area (Å²) in [5, 5.41) is 8.99. The highest BCUT2D eigenvalue weighted by molar-refractivity contribution is 9.10. The molecule has 0 aliphatic rings. The van der Waals surface area contributed by atoms with Crippen molar-refractivity contribution in [1.82, 2.24) is 0 Å². The minimum atomic E-state index is -4.31. The minimum Gasteiger partial charge on any atom is -0.392 e. The summed E-state index contributed by atoms with van der Waals surface area (Å²) >= 11 is 3.09. The first-order valence-corrected chi connectivity index (χ1v) is 7.98. The van der Waals surface area contributed by atoms with Crippen molar-refractivity contribution < 1.29 is 22.3 Å². The van der Waals surface area contributed by atoms with Gasteiger partial charge in [-0.05, 0) is 35.9 Å². The molecule has 0 saturated carbocycles. The lowest BCUT2D eigenvalue weighted by Crippen LogP contribution is -2.16. The maximum atomic E-state index is 13.7. The standard InChI is InChI=1S/C13H10BrF2NO3S/c14-9-2-4-10(15)12(6-9)17-21(19,20)13-5-8(7-18)1-3-11(13)16/h1-6,17-18H,7H2. The summed E-state index contributed by atoms with van der Waals surface area (Å²) in [6.45, 7) is -0.436. The molecule has 2 aromatic rings. The molecule has 2 aromatic carbocycles. The Balaban J connectivity index is 2.45. The second-order valence-corrected chi connectivity index (χ2v) is 6.72. The van der Waals surface area contributed by atoms with E-state index in [9.17, 15) is 17.2 Å². The predicted molar refractivity (Wildman–Crippen MR) is 77.2 cm³/mol. The van der Waals surface area contributed by atoms with Crippen molar-refractivity contribution in [2.45, 2.75) is 11.5 Å². The predicted octanol–water partition coefficient (Wildman–Crippen LogP) is 3.02. The Labute approximate surface area is 128 Å². The third-order valence-electron chi connectivity index (χ3n) is 2.64. The van der Waals surface area contributed by atoms with Crippen LogP contribution in [0.3, 0.4) is 0 Å². The van der Waals surface area contributed by atoms with Crippen LogP contribution in [0.5, 0.6) is 0 Å². The van der Waals surface area contributed by atoms with E-state index in [0.717, 1.165) is 18.2 Å². The molecule has 2 N–H and O–H groups in total. The number of halogens is 3.